The maximum Gasteiger partial charge on any atom is 0.472 e. The van der Waals surface area contributed by atoms with E-state index in [0.717, 1.165) is 77.0 Å². The zero-order chi connectivity index (χ0) is 51.9. The molecule has 1 aliphatic rings. The fourth-order valence-electron chi connectivity index (χ4n) is 7.13. The quantitative estimate of drug-likeness (QED) is 0.00932. The second-order valence-electron chi connectivity index (χ2n) is 17.3. The van der Waals surface area contributed by atoms with Crippen molar-refractivity contribution in [3.63, 3.8) is 0 Å². The van der Waals surface area contributed by atoms with E-state index in [0.29, 0.717) is 12.8 Å². The van der Waals surface area contributed by atoms with Crippen LogP contribution in [0.15, 0.2) is 85.1 Å². The fourth-order valence-corrected chi connectivity index (χ4v) is 8.67. The van der Waals surface area contributed by atoms with E-state index in [4.69, 9.17) is 18.5 Å². The Kier molecular flexibility index (Phi) is 37.8. The van der Waals surface area contributed by atoms with Gasteiger partial charge in [-0.1, -0.05) is 163 Å². The van der Waals surface area contributed by atoms with Gasteiger partial charge in [0.25, 0.3) is 0 Å². The van der Waals surface area contributed by atoms with Gasteiger partial charge in [0.05, 0.1) is 12.7 Å². The summed E-state index contributed by atoms with van der Waals surface area (Å²) in [5.41, 5.74) is 0. The van der Waals surface area contributed by atoms with Crippen molar-refractivity contribution in [3.05, 3.63) is 85.1 Å². The van der Waals surface area contributed by atoms with Crippen molar-refractivity contribution < 1.29 is 82.0 Å². The van der Waals surface area contributed by atoms with Gasteiger partial charge < -0.3 is 49.7 Å². The molecule has 0 aromatic carbocycles. The third kappa shape index (κ3) is 34.5. The van der Waals surface area contributed by atoms with E-state index in [1.807, 2.05) is 12.2 Å². The first kappa shape index (κ1) is 65.2. The molecule has 1 saturated carbocycles. The van der Waals surface area contributed by atoms with Crippen LogP contribution in [0.3, 0.4) is 0 Å². The normalized spacial score (nSPS) is 22.1. The first-order valence-electron chi connectivity index (χ1n) is 25.2. The molecule has 1 fully saturated rings. The van der Waals surface area contributed by atoms with Gasteiger partial charge in [-0.3, -0.25) is 23.2 Å². The molecular formula is C51H86O17P2. The van der Waals surface area contributed by atoms with Crippen molar-refractivity contribution in [1.82, 2.24) is 0 Å². The van der Waals surface area contributed by atoms with Crippen molar-refractivity contribution in [2.24, 2.45) is 0 Å². The van der Waals surface area contributed by atoms with Gasteiger partial charge in [-0.15, -0.1) is 0 Å². The van der Waals surface area contributed by atoms with Crippen LogP contribution in [0, 0.1) is 0 Å². The van der Waals surface area contributed by atoms with Gasteiger partial charge >= 0.3 is 27.6 Å². The highest BCUT2D eigenvalue weighted by molar-refractivity contribution is 7.47. The number of rotatable bonds is 41. The molecule has 0 saturated heterocycles. The van der Waals surface area contributed by atoms with Crippen molar-refractivity contribution in [2.75, 3.05) is 13.2 Å². The van der Waals surface area contributed by atoms with Gasteiger partial charge in [0.1, 0.15) is 43.2 Å². The number of phosphoric ester groups is 2. The molecular weight excluding hydrogens is 946 g/mol. The highest BCUT2D eigenvalue weighted by atomic mass is 31.2. The van der Waals surface area contributed by atoms with Crippen LogP contribution in [-0.2, 0) is 41.8 Å². The number of carbonyl (C=O) groups excluding carboxylic acids is 2. The molecule has 19 heteroatoms. The number of esters is 2. The number of ether oxygens (including phenoxy) is 2. The second-order valence-corrected chi connectivity index (χ2v) is 19.9. The number of phosphoric acid groups is 2. The van der Waals surface area contributed by atoms with Crippen LogP contribution in [0.2, 0.25) is 0 Å². The lowest BCUT2D eigenvalue weighted by molar-refractivity contribution is -0.216. The van der Waals surface area contributed by atoms with Gasteiger partial charge in [-0.2, -0.15) is 0 Å². The van der Waals surface area contributed by atoms with Gasteiger partial charge in [0.15, 0.2) is 6.10 Å². The molecule has 1 aliphatic carbocycles. The van der Waals surface area contributed by atoms with E-state index in [1.165, 1.54) is 44.6 Å². The summed E-state index contributed by atoms with van der Waals surface area (Å²) in [6.07, 6.45) is 32.8. The lowest BCUT2D eigenvalue weighted by Gasteiger charge is -2.43. The van der Waals surface area contributed by atoms with Gasteiger partial charge in [0.2, 0.25) is 0 Å². The van der Waals surface area contributed by atoms with Crippen LogP contribution in [0.25, 0.3) is 0 Å². The summed E-state index contributed by atoms with van der Waals surface area (Å²) in [5, 5.41) is 51.7. The smallest absolute Gasteiger partial charge is 0.462 e. The van der Waals surface area contributed by atoms with Crippen LogP contribution in [-0.4, -0.2) is 114 Å². The Bertz CT molecular complexity index is 1690. The van der Waals surface area contributed by atoms with E-state index in [2.05, 4.69) is 73.1 Å². The molecule has 17 nitrogen and oxygen atoms in total. The minimum atomic E-state index is -5.39. The van der Waals surface area contributed by atoms with Crippen molar-refractivity contribution in [3.8, 4) is 0 Å². The predicted octanol–water partition coefficient (Wildman–Crippen LogP) is 9.15. The van der Waals surface area contributed by atoms with Crippen LogP contribution in [0.1, 0.15) is 162 Å². The first-order valence-corrected chi connectivity index (χ1v) is 28.3. The van der Waals surface area contributed by atoms with E-state index >= 15 is 0 Å². The third-order valence-corrected chi connectivity index (χ3v) is 12.6. The Balaban J connectivity index is 2.66. The molecule has 9 atom stereocenters. The minimum absolute atomic E-state index is 0.00362. The Morgan fingerprint density at radius 3 is 1.59 bits per heavy atom. The number of aliphatic hydroxyl groups excluding tert-OH is 5. The van der Waals surface area contributed by atoms with Crippen molar-refractivity contribution in [2.45, 2.75) is 210 Å². The summed E-state index contributed by atoms with van der Waals surface area (Å²) >= 11 is 0. The van der Waals surface area contributed by atoms with E-state index in [-0.39, 0.29) is 19.3 Å². The molecule has 0 radical (unpaired) electrons. The van der Waals surface area contributed by atoms with E-state index in [9.17, 15) is 58.9 Å². The second kappa shape index (κ2) is 40.6. The molecule has 0 spiro atoms. The van der Waals surface area contributed by atoms with Crippen molar-refractivity contribution >= 4 is 27.6 Å². The SMILES string of the molecule is CC/C=C\C/C=C\C/C=C\C/C=C\C/C=C\C=C/C(O)CCC(=O)OC[C@H](COP(=O)(O)O[C@H]1C(O)C(O)C(O)[C@@H](OP(=O)(O)O)C1O)OC(=O)CCCCCCCCC/C=C\CCCCCCCC. The molecule has 1 rings (SSSR count). The van der Waals surface area contributed by atoms with Crippen LogP contribution >= 0.6 is 15.6 Å². The average Bonchev–Trinajstić information content (AvgIpc) is 3.31. The molecule has 6 unspecified atom stereocenters. The zero-order valence-corrected chi connectivity index (χ0v) is 43.3. The fraction of sp³-hybridized carbons (Fsp3) is 0.686. The van der Waals surface area contributed by atoms with Gasteiger partial charge in [0, 0.05) is 12.8 Å². The molecule has 0 bridgehead atoms. The predicted molar refractivity (Wildman–Crippen MR) is 270 cm³/mol. The maximum atomic E-state index is 13.0. The zero-order valence-electron chi connectivity index (χ0n) is 41.5. The average molecular weight is 1030 g/mol. The van der Waals surface area contributed by atoms with E-state index < -0.39 is 89.6 Å². The van der Waals surface area contributed by atoms with Gasteiger partial charge in [-0.05, 0) is 70.6 Å². The Morgan fingerprint density at radius 2 is 1.04 bits per heavy atom. The molecule has 8 N–H and O–H groups in total. The Hall–Kier alpha value is -2.86. The lowest BCUT2D eigenvalue weighted by atomic mass is 9.85. The van der Waals surface area contributed by atoms with E-state index in [1.54, 1.807) is 12.2 Å². The molecule has 0 heterocycles. The lowest BCUT2D eigenvalue weighted by Crippen LogP contribution is -2.64. The summed E-state index contributed by atoms with van der Waals surface area (Å²) in [7, 11) is -10.8. The molecule has 0 aromatic rings. The summed E-state index contributed by atoms with van der Waals surface area (Å²) in [6.45, 7) is 2.78. The maximum absolute atomic E-state index is 13.0. The molecule has 402 valence electrons. The molecule has 0 aromatic heterocycles. The summed E-state index contributed by atoms with van der Waals surface area (Å²) < 4.78 is 49.3. The first-order chi connectivity index (χ1) is 33.5. The number of hydrogen-bond acceptors (Lipinski definition) is 14. The number of hydrogen-bond donors (Lipinski definition) is 8. The number of aliphatic hydroxyl groups is 5. The third-order valence-electron chi connectivity index (χ3n) is 11.1. The molecule has 70 heavy (non-hydrogen) atoms. The topological polar surface area (TPSA) is 276 Å². The Morgan fingerprint density at radius 1 is 0.543 bits per heavy atom. The standard InChI is InChI=1S/C51H86O17P2/c1-3-5-7-9-11-13-15-17-19-21-23-25-27-29-31-33-35-37-45(54)66-43(41-65-70(62,63)68-51-48(57)46(55)47(56)50(49(51)58)67-69(59,60)61)40-64-44(53)39-38-42(52)36-34-32-30-28-26-24-22-20-18-16-14-12-10-8-6-4-2/h6,8,12,14,17-20,24,26,30,32,34,36,42-43,46-52,55-58H,3-5,7,9-11,13,15-16,21-23,25,27-29,31,33,35,37-41H2,1-2H3,(H,62,63)(H2,59,60,61)/b8-6-,14-12-,19-17-,20-18-,26-24-,32-30-,36-34-/t42?,43-,46?,47?,48?,49?,50-,51+/m1/s1. The van der Waals surface area contributed by atoms with Crippen LogP contribution in [0.5, 0.6) is 0 Å². The number of carbonyl (C=O) groups is 2. The highest BCUT2D eigenvalue weighted by Gasteiger charge is 2.54. The van der Waals surface area contributed by atoms with Crippen molar-refractivity contribution in [1.29, 1.82) is 0 Å². The summed E-state index contributed by atoms with van der Waals surface area (Å²) in [6, 6.07) is 0. The highest BCUT2D eigenvalue weighted by Crippen LogP contribution is 2.49. The largest absolute Gasteiger partial charge is 0.472 e. The minimum Gasteiger partial charge on any atom is -0.462 e. The van der Waals surface area contributed by atoms with Crippen LogP contribution in [0.4, 0.5) is 0 Å². The Labute approximate surface area is 416 Å². The number of unbranched alkanes of at least 4 members (excludes halogenated alkanes) is 13. The molecule has 0 aliphatic heterocycles. The van der Waals surface area contributed by atoms with Gasteiger partial charge in [-0.25, -0.2) is 9.13 Å². The summed E-state index contributed by atoms with van der Waals surface area (Å²) in [4.78, 5) is 54.4. The monoisotopic (exact) mass is 1030 g/mol. The summed E-state index contributed by atoms with van der Waals surface area (Å²) in [5.74, 6) is -1.50. The van der Waals surface area contributed by atoms with Crippen LogP contribution < -0.4 is 0 Å². The molecule has 0 amide bonds. The number of allylic oxidation sites excluding steroid dienone is 13.